The second-order valence-corrected chi connectivity index (χ2v) is 5.62. The third kappa shape index (κ3) is 4.59. The number of hydrogen-bond donors (Lipinski definition) is 2. The van der Waals surface area contributed by atoms with Gasteiger partial charge in [0.2, 0.25) is 11.8 Å². The van der Waals surface area contributed by atoms with E-state index < -0.39 is 6.04 Å². The first kappa shape index (κ1) is 13.9. The summed E-state index contributed by atoms with van der Waals surface area (Å²) < 4.78 is 0. The molecule has 0 aliphatic carbocycles. The lowest BCUT2D eigenvalue weighted by molar-refractivity contribution is -0.128. The lowest BCUT2D eigenvalue weighted by Crippen LogP contribution is -2.47. The van der Waals surface area contributed by atoms with E-state index in [-0.39, 0.29) is 11.8 Å². The Morgan fingerprint density at radius 2 is 2.16 bits per heavy atom. The number of benzene rings is 1. The third-order valence-corrected chi connectivity index (χ3v) is 4.03. The summed E-state index contributed by atoms with van der Waals surface area (Å²) in [6, 6.07) is 9.62. The molecule has 1 saturated heterocycles. The van der Waals surface area contributed by atoms with Crippen molar-refractivity contribution in [3.05, 3.63) is 35.9 Å². The van der Waals surface area contributed by atoms with Gasteiger partial charge in [0.15, 0.2) is 0 Å². The van der Waals surface area contributed by atoms with Gasteiger partial charge in [-0.25, -0.2) is 0 Å². The summed E-state index contributed by atoms with van der Waals surface area (Å²) in [5.74, 6) is 1.33. The first-order valence-electron chi connectivity index (χ1n) is 6.44. The molecule has 2 rings (SSSR count). The van der Waals surface area contributed by atoms with Crippen molar-refractivity contribution in [2.75, 3.05) is 18.1 Å². The molecule has 1 aliphatic heterocycles. The zero-order valence-electron chi connectivity index (χ0n) is 10.7. The van der Waals surface area contributed by atoms with Crippen LogP contribution in [0, 0.1) is 0 Å². The zero-order chi connectivity index (χ0) is 13.5. The molecule has 4 nitrogen and oxygen atoms in total. The maximum absolute atomic E-state index is 11.9. The average Bonchev–Trinajstić information content (AvgIpc) is 2.64. The van der Waals surface area contributed by atoms with E-state index in [1.807, 2.05) is 30.3 Å². The van der Waals surface area contributed by atoms with Gasteiger partial charge < -0.3 is 10.6 Å². The topological polar surface area (TPSA) is 58.2 Å². The highest BCUT2D eigenvalue weighted by atomic mass is 32.2. The number of carbonyl (C=O) groups is 2. The predicted molar refractivity (Wildman–Crippen MR) is 77.0 cm³/mol. The van der Waals surface area contributed by atoms with Gasteiger partial charge in [0.25, 0.3) is 0 Å². The van der Waals surface area contributed by atoms with Gasteiger partial charge in [-0.1, -0.05) is 30.3 Å². The molecule has 2 N–H and O–H groups in total. The highest BCUT2D eigenvalue weighted by Crippen LogP contribution is 2.09. The van der Waals surface area contributed by atoms with Crippen LogP contribution in [0.4, 0.5) is 0 Å². The van der Waals surface area contributed by atoms with Gasteiger partial charge >= 0.3 is 0 Å². The Labute approximate surface area is 117 Å². The molecule has 0 bridgehead atoms. The van der Waals surface area contributed by atoms with E-state index in [0.717, 1.165) is 12.2 Å². The first-order valence-corrected chi connectivity index (χ1v) is 7.60. The van der Waals surface area contributed by atoms with E-state index in [1.54, 1.807) is 11.8 Å². The Morgan fingerprint density at radius 3 is 2.95 bits per heavy atom. The van der Waals surface area contributed by atoms with Crippen molar-refractivity contribution in [2.45, 2.75) is 18.9 Å². The van der Waals surface area contributed by atoms with Gasteiger partial charge in [0, 0.05) is 24.5 Å². The predicted octanol–water partition coefficient (Wildman–Crippen LogP) is 0.967. The average molecular weight is 278 g/mol. The molecule has 1 aliphatic rings. The standard InChI is InChI=1S/C14H18N2O2S/c17-13-7-9-19-10-12(16-13)14(18)15-8-6-11-4-2-1-3-5-11/h1-5,12H,6-10H2,(H,15,18)(H,16,17)/t12-/m1/s1. The van der Waals surface area contributed by atoms with Crippen LogP contribution in [-0.4, -0.2) is 35.9 Å². The second kappa shape index (κ2) is 7.19. The summed E-state index contributed by atoms with van der Waals surface area (Å²) in [6.45, 7) is 0.597. The molecule has 1 fully saturated rings. The highest BCUT2D eigenvalue weighted by molar-refractivity contribution is 7.99. The van der Waals surface area contributed by atoms with Crippen LogP contribution < -0.4 is 10.6 Å². The SMILES string of the molecule is O=C1CCSC[C@H](C(=O)NCCc2ccccc2)N1. The molecule has 0 aromatic heterocycles. The second-order valence-electron chi connectivity index (χ2n) is 4.47. The van der Waals surface area contributed by atoms with Crippen LogP contribution in [0.5, 0.6) is 0 Å². The molecule has 0 unspecified atom stereocenters. The van der Waals surface area contributed by atoms with Gasteiger partial charge in [0.1, 0.15) is 6.04 Å². The Hall–Kier alpha value is -1.49. The number of amides is 2. The molecule has 102 valence electrons. The quantitative estimate of drug-likeness (QED) is 0.863. The number of carbonyl (C=O) groups excluding carboxylic acids is 2. The van der Waals surface area contributed by atoms with Crippen LogP contribution in [-0.2, 0) is 16.0 Å². The summed E-state index contributed by atoms with van der Waals surface area (Å²) in [5.41, 5.74) is 1.20. The fourth-order valence-electron chi connectivity index (χ4n) is 1.91. The molecule has 0 saturated carbocycles. The van der Waals surface area contributed by atoms with E-state index in [4.69, 9.17) is 0 Å². The highest BCUT2D eigenvalue weighted by Gasteiger charge is 2.22. The maximum Gasteiger partial charge on any atom is 0.243 e. The largest absolute Gasteiger partial charge is 0.354 e. The Bertz CT molecular complexity index is 436. The van der Waals surface area contributed by atoms with Crippen molar-refractivity contribution in [1.29, 1.82) is 0 Å². The number of hydrogen-bond acceptors (Lipinski definition) is 3. The molecule has 1 aromatic rings. The van der Waals surface area contributed by atoms with Crippen molar-refractivity contribution in [1.82, 2.24) is 10.6 Å². The summed E-state index contributed by atoms with van der Waals surface area (Å²) in [7, 11) is 0. The fraction of sp³-hybridized carbons (Fsp3) is 0.429. The fourth-order valence-corrected chi connectivity index (χ4v) is 2.88. The van der Waals surface area contributed by atoms with Crippen molar-refractivity contribution in [2.24, 2.45) is 0 Å². The Kier molecular flexibility index (Phi) is 5.27. The Balaban J connectivity index is 1.76. The number of nitrogens with one attached hydrogen (secondary N) is 2. The molecule has 19 heavy (non-hydrogen) atoms. The zero-order valence-corrected chi connectivity index (χ0v) is 11.5. The van der Waals surface area contributed by atoms with E-state index in [2.05, 4.69) is 10.6 Å². The summed E-state index contributed by atoms with van der Waals surface area (Å²) in [6.07, 6.45) is 1.30. The van der Waals surface area contributed by atoms with Gasteiger partial charge in [0.05, 0.1) is 0 Å². The van der Waals surface area contributed by atoms with Crippen LogP contribution in [0.15, 0.2) is 30.3 Å². The molecule has 1 aromatic carbocycles. The molecule has 0 radical (unpaired) electrons. The van der Waals surface area contributed by atoms with E-state index in [0.29, 0.717) is 18.7 Å². The van der Waals surface area contributed by atoms with Gasteiger partial charge in [-0.3, -0.25) is 9.59 Å². The van der Waals surface area contributed by atoms with Crippen molar-refractivity contribution in [3.63, 3.8) is 0 Å². The molecular weight excluding hydrogens is 260 g/mol. The minimum absolute atomic E-state index is 0.0341. The molecule has 0 spiro atoms. The third-order valence-electron chi connectivity index (χ3n) is 2.97. The van der Waals surface area contributed by atoms with Crippen molar-refractivity contribution in [3.8, 4) is 0 Å². The number of rotatable bonds is 4. The van der Waals surface area contributed by atoms with Crippen LogP contribution in [0.25, 0.3) is 0 Å². The minimum atomic E-state index is -0.393. The first-order chi connectivity index (χ1) is 9.25. The minimum Gasteiger partial charge on any atom is -0.354 e. The van der Waals surface area contributed by atoms with Crippen LogP contribution in [0.1, 0.15) is 12.0 Å². The summed E-state index contributed by atoms with van der Waals surface area (Å²) in [5, 5.41) is 5.64. The van der Waals surface area contributed by atoms with E-state index in [9.17, 15) is 9.59 Å². The van der Waals surface area contributed by atoms with Gasteiger partial charge in [-0.15, -0.1) is 0 Å². The van der Waals surface area contributed by atoms with E-state index in [1.165, 1.54) is 5.56 Å². The summed E-state index contributed by atoms with van der Waals surface area (Å²) >= 11 is 1.64. The van der Waals surface area contributed by atoms with Gasteiger partial charge in [-0.2, -0.15) is 11.8 Å². The lowest BCUT2D eigenvalue weighted by atomic mass is 10.1. The van der Waals surface area contributed by atoms with E-state index >= 15 is 0 Å². The van der Waals surface area contributed by atoms with Crippen molar-refractivity contribution < 1.29 is 9.59 Å². The monoisotopic (exact) mass is 278 g/mol. The summed E-state index contributed by atoms with van der Waals surface area (Å²) in [4.78, 5) is 23.3. The van der Waals surface area contributed by atoms with Crippen molar-refractivity contribution >= 4 is 23.6 Å². The van der Waals surface area contributed by atoms with Crippen LogP contribution in [0.3, 0.4) is 0 Å². The maximum atomic E-state index is 11.9. The number of thioether (sulfide) groups is 1. The normalized spacial score (nSPS) is 19.4. The molecule has 5 heteroatoms. The molecular formula is C14H18N2O2S. The molecule has 1 atom stereocenters. The molecule has 1 heterocycles. The molecule has 2 amide bonds. The Morgan fingerprint density at radius 1 is 1.37 bits per heavy atom. The lowest BCUT2D eigenvalue weighted by Gasteiger charge is -2.15. The smallest absolute Gasteiger partial charge is 0.243 e. The van der Waals surface area contributed by atoms with Gasteiger partial charge in [-0.05, 0) is 12.0 Å². The van der Waals surface area contributed by atoms with Crippen LogP contribution >= 0.6 is 11.8 Å². The van der Waals surface area contributed by atoms with Crippen LogP contribution in [0.2, 0.25) is 0 Å².